The summed E-state index contributed by atoms with van der Waals surface area (Å²) in [5.74, 6) is -1.75. The van der Waals surface area contributed by atoms with E-state index in [9.17, 15) is 23.9 Å². The molecule has 1 saturated carbocycles. The van der Waals surface area contributed by atoms with E-state index in [0.29, 0.717) is 18.4 Å². The summed E-state index contributed by atoms with van der Waals surface area (Å²) in [6.07, 6.45) is 3.62. The second-order valence-electron chi connectivity index (χ2n) is 11.7. The molecule has 0 saturated heterocycles. The predicted octanol–water partition coefficient (Wildman–Crippen LogP) is 3.07. The summed E-state index contributed by atoms with van der Waals surface area (Å²) in [4.78, 5) is 41.1. The number of nitrogens with one attached hydrogen (secondary N) is 1. The number of nitrogens with two attached hydrogens (primary N) is 2. The number of hydrogen-bond donors (Lipinski definition) is 4. The summed E-state index contributed by atoms with van der Waals surface area (Å²) < 4.78 is 13.3. The molecule has 0 aliphatic heterocycles. The number of carbonyl (C=O) groups excluding carboxylic acids is 3. The van der Waals surface area contributed by atoms with Gasteiger partial charge in [-0.3, -0.25) is 14.4 Å². The minimum atomic E-state index is -1.17. The molecule has 0 spiro atoms. The molecule has 1 aliphatic rings. The lowest BCUT2D eigenvalue weighted by atomic mass is 9.79. The Kier molecular flexibility index (Phi) is 9.38. The topological polar surface area (TPSA) is 139 Å². The summed E-state index contributed by atoms with van der Waals surface area (Å²) in [5, 5.41) is 13.1. The van der Waals surface area contributed by atoms with Crippen LogP contribution in [0.2, 0.25) is 0 Å². The highest BCUT2D eigenvalue weighted by Crippen LogP contribution is 2.35. The minimum Gasteiger partial charge on any atom is -0.508 e. The van der Waals surface area contributed by atoms with Crippen LogP contribution < -0.4 is 16.8 Å². The average Bonchev–Trinajstić information content (AvgIpc) is 2.89. The van der Waals surface area contributed by atoms with Crippen molar-refractivity contribution in [1.82, 2.24) is 10.2 Å². The smallest absolute Gasteiger partial charge is 0.246 e. The van der Waals surface area contributed by atoms with Crippen LogP contribution in [0.5, 0.6) is 5.75 Å². The van der Waals surface area contributed by atoms with Gasteiger partial charge < -0.3 is 26.8 Å². The van der Waals surface area contributed by atoms with E-state index >= 15 is 0 Å². The molecule has 1 aliphatic carbocycles. The molecule has 39 heavy (non-hydrogen) atoms. The molecule has 0 heterocycles. The van der Waals surface area contributed by atoms with Crippen molar-refractivity contribution in [3.05, 3.63) is 65.0 Å². The number of likely N-dealkylation sites (N-methyl/N-ethyl adjacent to an activating group) is 1. The van der Waals surface area contributed by atoms with Crippen LogP contribution in [0.15, 0.2) is 42.5 Å². The van der Waals surface area contributed by atoms with E-state index in [1.54, 1.807) is 31.3 Å². The van der Waals surface area contributed by atoms with Crippen molar-refractivity contribution >= 4 is 17.7 Å². The molecule has 8 nitrogen and oxygen atoms in total. The molecule has 2 aromatic rings. The van der Waals surface area contributed by atoms with Crippen LogP contribution in [0.4, 0.5) is 4.39 Å². The third kappa shape index (κ3) is 7.15. The minimum absolute atomic E-state index is 0.141. The number of rotatable bonds is 9. The standard InChI is InChI=1S/C30H41FN4O4/c1-29(2,3)22-16-20(10-13-25(22)36)18-24(26(33)37)34-28(39)30(14-6-5-7-15-30)35(4)27(38)23(32)17-19-8-11-21(31)12-9-19/h8-13,16,23-24,36H,5-7,14-15,17-18,32H2,1-4H3,(H2,33,37)(H,34,39)/t23-,24-/m0/s1. The number of hydrogen-bond acceptors (Lipinski definition) is 5. The van der Waals surface area contributed by atoms with Gasteiger partial charge in [0.15, 0.2) is 0 Å². The zero-order valence-corrected chi connectivity index (χ0v) is 23.3. The molecule has 2 aromatic carbocycles. The first kappa shape index (κ1) is 30.1. The van der Waals surface area contributed by atoms with Gasteiger partial charge in [-0.05, 0) is 59.6 Å². The van der Waals surface area contributed by atoms with Gasteiger partial charge >= 0.3 is 0 Å². The number of phenolic OH excluding ortho intramolecular Hbond substituents is 1. The molecule has 0 bridgehead atoms. The van der Waals surface area contributed by atoms with E-state index in [4.69, 9.17) is 11.5 Å². The zero-order chi connectivity index (χ0) is 29.0. The molecule has 212 valence electrons. The summed E-state index contributed by atoms with van der Waals surface area (Å²) in [6, 6.07) is 8.95. The normalized spacial score (nSPS) is 16.7. The lowest BCUT2D eigenvalue weighted by molar-refractivity contribution is -0.150. The van der Waals surface area contributed by atoms with Crippen molar-refractivity contribution < 1.29 is 23.9 Å². The Morgan fingerprint density at radius 2 is 1.62 bits per heavy atom. The monoisotopic (exact) mass is 540 g/mol. The predicted molar refractivity (Wildman–Crippen MR) is 148 cm³/mol. The maximum absolute atomic E-state index is 13.8. The third-order valence-electron chi connectivity index (χ3n) is 7.72. The van der Waals surface area contributed by atoms with Gasteiger partial charge in [-0.1, -0.05) is 64.3 Å². The Labute approximate surface area is 229 Å². The lowest BCUT2D eigenvalue weighted by Crippen LogP contribution is -2.64. The number of halogens is 1. The van der Waals surface area contributed by atoms with Crippen LogP contribution in [0.25, 0.3) is 0 Å². The van der Waals surface area contributed by atoms with Gasteiger partial charge in [0.05, 0.1) is 6.04 Å². The molecule has 2 atom stereocenters. The first-order valence-electron chi connectivity index (χ1n) is 13.4. The van der Waals surface area contributed by atoms with Crippen molar-refractivity contribution in [2.75, 3.05) is 7.05 Å². The average molecular weight is 541 g/mol. The number of nitrogens with zero attached hydrogens (tertiary/aromatic N) is 1. The van der Waals surface area contributed by atoms with Crippen LogP contribution in [-0.4, -0.2) is 52.4 Å². The van der Waals surface area contributed by atoms with E-state index in [-0.39, 0.29) is 29.8 Å². The first-order chi connectivity index (χ1) is 18.2. The van der Waals surface area contributed by atoms with Crippen molar-refractivity contribution in [2.24, 2.45) is 11.5 Å². The van der Waals surface area contributed by atoms with Crippen molar-refractivity contribution in [3.63, 3.8) is 0 Å². The summed E-state index contributed by atoms with van der Waals surface area (Å²) in [5.41, 5.74) is 12.6. The van der Waals surface area contributed by atoms with E-state index in [1.807, 2.05) is 26.8 Å². The molecule has 6 N–H and O–H groups in total. The molecular weight excluding hydrogens is 499 g/mol. The molecule has 3 amide bonds. The highest BCUT2D eigenvalue weighted by atomic mass is 19.1. The van der Waals surface area contributed by atoms with E-state index in [2.05, 4.69) is 5.32 Å². The number of phenols is 1. The van der Waals surface area contributed by atoms with Gasteiger partial charge in [0.25, 0.3) is 0 Å². The number of primary amides is 1. The lowest BCUT2D eigenvalue weighted by Gasteiger charge is -2.44. The number of benzene rings is 2. The molecule has 9 heteroatoms. The Morgan fingerprint density at radius 1 is 1.03 bits per heavy atom. The van der Waals surface area contributed by atoms with E-state index in [1.165, 1.54) is 17.0 Å². The number of aromatic hydroxyl groups is 1. The Hall–Kier alpha value is -3.46. The molecule has 1 fully saturated rings. The fraction of sp³-hybridized carbons (Fsp3) is 0.500. The number of carbonyl (C=O) groups is 3. The quantitative estimate of drug-likeness (QED) is 0.387. The van der Waals surface area contributed by atoms with Gasteiger partial charge in [0, 0.05) is 13.5 Å². The van der Waals surface area contributed by atoms with Crippen LogP contribution in [0, 0.1) is 5.82 Å². The van der Waals surface area contributed by atoms with Gasteiger partial charge in [-0.2, -0.15) is 0 Å². The highest BCUT2D eigenvalue weighted by Gasteiger charge is 2.47. The van der Waals surface area contributed by atoms with Gasteiger partial charge in [-0.15, -0.1) is 0 Å². The SMILES string of the molecule is CN(C(=O)[C@@H](N)Cc1ccc(F)cc1)C1(C(=O)N[C@@H](Cc2ccc(O)c(C(C)(C)C)c2)C(N)=O)CCCCC1. The maximum atomic E-state index is 13.8. The zero-order valence-electron chi connectivity index (χ0n) is 23.3. The van der Waals surface area contributed by atoms with E-state index < -0.39 is 35.3 Å². The molecule has 3 rings (SSSR count). The van der Waals surface area contributed by atoms with Gasteiger partial charge in [0.2, 0.25) is 17.7 Å². The van der Waals surface area contributed by atoms with Crippen molar-refractivity contribution in [1.29, 1.82) is 0 Å². The van der Waals surface area contributed by atoms with Crippen LogP contribution in [0.3, 0.4) is 0 Å². The maximum Gasteiger partial charge on any atom is 0.246 e. The molecular formula is C30H41FN4O4. The molecule has 0 radical (unpaired) electrons. The largest absolute Gasteiger partial charge is 0.508 e. The van der Waals surface area contributed by atoms with Crippen LogP contribution >= 0.6 is 0 Å². The summed E-state index contributed by atoms with van der Waals surface area (Å²) in [6.45, 7) is 5.92. The van der Waals surface area contributed by atoms with Gasteiger partial charge in [0.1, 0.15) is 23.1 Å². The summed E-state index contributed by atoms with van der Waals surface area (Å²) >= 11 is 0. The second-order valence-corrected chi connectivity index (χ2v) is 11.7. The Bertz CT molecular complexity index is 1190. The fourth-order valence-corrected chi connectivity index (χ4v) is 5.33. The fourth-order valence-electron chi connectivity index (χ4n) is 5.33. The molecule has 0 unspecified atom stereocenters. The van der Waals surface area contributed by atoms with Gasteiger partial charge in [-0.25, -0.2) is 4.39 Å². The molecule has 0 aromatic heterocycles. The van der Waals surface area contributed by atoms with Crippen LogP contribution in [-0.2, 0) is 32.6 Å². The first-order valence-corrected chi connectivity index (χ1v) is 13.4. The van der Waals surface area contributed by atoms with Crippen LogP contribution in [0.1, 0.15) is 69.6 Å². The van der Waals surface area contributed by atoms with Crippen molar-refractivity contribution in [3.8, 4) is 5.75 Å². The number of amides is 3. The van der Waals surface area contributed by atoms with Crippen molar-refractivity contribution in [2.45, 2.75) is 88.8 Å². The Morgan fingerprint density at radius 3 is 2.18 bits per heavy atom. The Balaban J connectivity index is 1.81. The van der Waals surface area contributed by atoms with E-state index in [0.717, 1.165) is 30.4 Å². The second kappa shape index (κ2) is 12.2. The highest BCUT2D eigenvalue weighted by molar-refractivity contribution is 5.95. The third-order valence-corrected chi connectivity index (χ3v) is 7.72. The summed E-state index contributed by atoms with van der Waals surface area (Å²) in [7, 11) is 1.58.